The Kier molecular flexibility index (Phi) is 7.30. The summed E-state index contributed by atoms with van der Waals surface area (Å²) in [6.07, 6.45) is 0. The van der Waals surface area contributed by atoms with Crippen LogP contribution in [0.25, 0.3) is 71.7 Å². The minimum atomic E-state index is -0.0983. The molecule has 2 aromatic heterocycles. The lowest BCUT2D eigenvalue weighted by atomic mass is 9.35. The summed E-state index contributed by atoms with van der Waals surface area (Å²) in [6.45, 7) is 9.99. The zero-order valence-corrected chi connectivity index (χ0v) is 39.5. The first kappa shape index (κ1) is 38.4. The monoisotopic (exact) mass is 899 g/mol. The normalized spacial score (nSPS) is 16.3. The molecule has 7 heteroatoms. The van der Waals surface area contributed by atoms with Gasteiger partial charge in [-0.2, -0.15) is 0 Å². The molecule has 0 aliphatic carbocycles. The molecule has 16 rings (SSSR count). The average molecular weight is 900 g/mol. The molecule has 0 radical (unpaired) electrons. The van der Waals surface area contributed by atoms with Crippen molar-refractivity contribution in [3.63, 3.8) is 0 Å². The maximum absolute atomic E-state index is 7.45. The fraction of sp³-hybridized carbons (Fsp3) is 0.0968. The van der Waals surface area contributed by atoms with E-state index in [0.29, 0.717) is 0 Å². The lowest BCUT2D eigenvalue weighted by molar-refractivity contribution is 0.397. The predicted molar refractivity (Wildman–Crippen MR) is 294 cm³/mol. The smallest absolute Gasteiger partial charge is 0.255 e. The van der Waals surface area contributed by atoms with Crippen LogP contribution in [0.5, 0.6) is 11.5 Å². The van der Waals surface area contributed by atoms with Crippen LogP contribution < -0.4 is 37.0 Å². The molecule has 5 aliphatic heterocycles. The molecule has 0 amide bonds. The number of fused-ring (bicyclic) bond motifs is 15. The van der Waals surface area contributed by atoms with Crippen LogP contribution in [0, 0.1) is 5.41 Å². The summed E-state index contributed by atoms with van der Waals surface area (Å²) in [5.41, 5.74) is 22.6. The maximum Gasteiger partial charge on any atom is 0.255 e. The van der Waals surface area contributed by atoms with E-state index in [2.05, 4.69) is 242 Å². The molecule has 4 nitrogen and oxygen atoms in total. The number of anilines is 3. The van der Waals surface area contributed by atoms with E-state index in [1.165, 1.54) is 115 Å². The second-order valence-corrected chi connectivity index (χ2v) is 22.4. The van der Waals surface area contributed by atoms with Crippen molar-refractivity contribution in [1.82, 2.24) is 9.13 Å². The van der Waals surface area contributed by atoms with Crippen LogP contribution in [0.1, 0.15) is 33.3 Å². The molecule has 0 saturated carbocycles. The third-order valence-electron chi connectivity index (χ3n) is 16.9. The van der Waals surface area contributed by atoms with Gasteiger partial charge in [0.2, 0.25) is 0 Å². The van der Waals surface area contributed by atoms with Crippen LogP contribution in [0.15, 0.2) is 193 Å². The molecular weight excluding hydrogens is 856 g/mol. The minimum absolute atomic E-state index is 0.0152. The van der Waals surface area contributed by atoms with Gasteiger partial charge >= 0.3 is 0 Å². The van der Waals surface area contributed by atoms with Crippen molar-refractivity contribution < 1.29 is 4.74 Å². The zero-order valence-electron chi connectivity index (χ0n) is 38.7. The van der Waals surface area contributed by atoms with E-state index in [4.69, 9.17) is 4.74 Å². The van der Waals surface area contributed by atoms with Crippen molar-refractivity contribution in [2.24, 2.45) is 5.41 Å². The van der Waals surface area contributed by atoms with E-state index in [-0.39, 0.29) is 23.6 Å². The van der Waals surface area contributed by atoms with E-state index in [1.807, 2.05) is 0 Å². The molecule has 324 valence electrons. The van der Waals surface area contributed by atoms with Gasteiger partial charge in [0.25, 0.3) is 13.4 Å². The van der Waals surface area contributed by atoms with E-state index in [9.17, 15) is 0 Å². The summed E-state index contributed by atoms with van der Waals surface area (Å²) < 4.78 is 12.4. The van der Waals surface area contributed by atoms with E-state index in [0.717, 1.165) is 22.9 Å². The molecule has 9 aromatic carbocycles. The highest BCUT2D eigenvalue weighted by molar-refractivity contribution is 8.07. The molecule has 0 spiro atoms. The molecule has 7 heterocycles. The molecule has 0 saturated heterocycles. The highest BCUT2D eigenvalue weighted by atomic mass is 32.2. The topological polar surface area (TPSA) is 22.3 Å². The highest BCUT2D eigenvalue weighted by Crippen LogP contribution is 2.64. The first-order chi connectivity index (χ1) is 33.7. The number of aromatic nitrogens is 2. The van der Waals surface area contributed by atoms with Gasteiger partial charge in [0.1, 0.15) is 11.5 Å². The van der Waals surface area contributed by atoms with Crippen molar-refractivity contribution in [3.05, 3.63) is 198 Å². The summed E-state index contributed by atoms with van der Waals surface area (Å²) in [5, 5.41) is 5.04. The predicted octanol–water partition coefficient (Wildman–Crippen LogP) is 12.7. The third kappa shape index (κ3) is 4.79. The Morgan fingerprint density at radius 2 is 0.971 bits per heavy atom. The van der Waals surface area contributed by atoms with Gasteiger partial charge in [-0.15, -0.1) is 11.8 Å². The van der Waals surface area contributed by atoms with Gasteiger partial charge in [-0.25, -0.2) is 0 Å². The van der Waals surface area contributed by atoms with Gasteiger partial charge in [-0.3, -0.25) is 0 Å². The van der Waals surface area contributed by atoms with Crippen LogP contribution >= 0.6 is 11.8 Å². The zero-order chi connectivity index (χ0) is 45.7. The lowest BCUT2D eigenvalue weighted by Crippen LogP contribution is -2.56. The summed E-state index contributed by atoms with van der Waals surface area (Å²) in [4.78, 5) is 4.05. The van der Waals surface area contributed by atoms with E-state index in [1.54, 1.807) is 0 Å². The highest BCUT2D eigenvalue weighted by Gasteiger charge is 2.57. The average Bonchev–Trinajstić information content (AvgIpc) is 4.13. The summed E-state index contributed by atoms with van der Waals surface area (Å²) in [7, 11) is 0. The molecule has 0 N–H and O–H groups in total. The molecule has 0 unspecified atom stereocenters. The number of nitrogens with zero attached hydrogens (tertiary/aromatic N) is 3. The standard InChI is InChI=1S/C62H43B2N3OS/c1-61(2)57-45-31-37(66-49-26-14-9-21-40(49)41-22-10-15-27-50(41)66)32-54-58(45)64(60(57)69-62(61,3)4)47-34-48-55(35-53(47)65(54)36-18-6-5-7-19-36)68-56-33-38(30-44-39-20-8-13-25-46(39)63(48)59(44)56)67-51-28-16-11-23-42(51)43-24-12-17-29-52(43)67/h5-35H,1-4H3. The van der Waals surface area contributed by atoms with Crippen molar-refractivity contribution in [2.45, 2.75) is 32.4 Å². The van der Waals surface area contributed by atoms with Crippen LogP contribution in [0.3, 0.4) is 0 Å². The second kappa shape index (κ2) is 13.1. The Morgan fingerprint density at radius 3 is 1.61 bits per heavy atom. The van der Waals surface area contributed by atoms with Gasteiger partial charge in [0, 0.05) is 66.6 Å². The first-order valence-electron chi connectivity index (χ1n) is 24.3. The van der Waals surface area contributed by atoms with Crippen molar-refractivity contribution >= 4 is 119 Å². The Morgan fingerprint density at radius 1 is 0.420 bits per heavy atom. The van der Waals surface area contributed by atoms with Crippen molar-refractivity contribution in [1.29, 1.82) is 0 Å². The number of hydrogen-bond acceptors (Lipinski definition) is 3. The van der Waals surface area contributed by atoms with Gasteiger partial charge < -0.3 is 18.8 Å². The first-order valence-corrected chi connectivity index (χ1v) is 25.1. The van der Waals surface area contributed by atoms with Gasteiger partial charge in [-0.1, -0.05) is 141 Å². The summed E-state index contributed by atoms with van der Waals surface area (Å²) in [5.74, 6) is 1.85. The molecule has 5 aliphatic rings. The molecule has 69 heavy (non-hydrogen) atoms. The number of hydrogen-bond donors (Lipinski definition) is 0. The van der Waals surface area contributed by atoms with E-state index >= 15 is 0 Å². The summed E-state index contributed by atoms with van der Waals surface area (Å²) in [6, 6.07) is 70.2. The Balaban J connectivity index is 0.972. The number of allylic oxidation sites excluding steroid dienone is 1. The van der Waals surface area contributed by atoms with Crippen LogP contribution in [-0.2, 0) is 0 Å². The molecule has 0 fully saturated rings. The minimum Gasteiger partial charge on any atom is -0.458 e. The number of ether oxygens (including phenoxy) is 1. The fourth-order valence-corrected chi connectivity index (χ4v) is 15.0. The number of rotatable bonds is 3. The van der Waals surface area contributed by atoms with E-state index < -0.39 is 0 Å². The molecule has 11 aromatic rings. The Bertz CT molecular complexity index is 4070. The number of thioether (sulfide) groups is 1. The fourth-order valence-electron chi connectivity index (χ4n) is 13.3. The Labute approximate surface area is 405 Å². The molecule has 0 atom stereocenters. The third-order valence-corrected chi connectivity index (χ3v) is 18.5. The number of benzene rings is 9. The van der Waals surface area contributed by atoms with Crippen molar-refractivity contribution in [3.8, 4) is 34.0 Å². The largest absolute Gasteiger partial charge is 0.458 e. The SMILES string of the molecule is CC1(C)SC2=C(c3cc(-n4c5ccccc5c5ccccc54)cc4c3B2c2cc3c(cc2N4c2ccccc2)Oc2cc(-n4c5ccccc5c5ccccc54)cc4c2B3c2ccccc2-4)C1(C)C. The maximum atomic E-state index is 7.45. The van der Waals surface area contributed by atoms with Crippen LogP contribution in [-0.4, -0.2) is 27.3 Å². The van der Waals surface area contributed by atoms with Gasteiger partial charge in [-0.05, 0) is 117 Å². The van der Waals surface area contributed by atoms with Gasteiger partial charge in [0.15, 0.2) is 0 Å². The lowest BCUT2D eigenvalue weighted by Gasteiger charge is -2.41. The quantitative estimate of drug-likeness (QED) is 0.165. The molecular formula is C62H43B2N3OS. The van der Waals surface area contributed by atoms with Gasteiger partial charge in [0.05, 0.1) is 27.8 Å². The second-order valence-electron chi connectivity index (χ2n) is 20.7. The van der Waals surface area contributed by atoms with Crippen molar-refractivity contribution in [2.75, 3.05) is 4.90 Å². The molecule has 0 bridgehead atoms. The summed E-state index contributed by atoms with van der Waals surface area (Å²) >= 11 is 2.10. The van der Waals surface area contributed by atoms with Crippen LogP contribution in [0.2, 0.25) is 0 Å². The number of para-hydroxylation sites is 5. The van der Waals surface area contributed by atoms with Crippen LogP contribution in [0.4, 0.5) is 17.1 Å². The Hall–Kier alpha value is -7.60.